The summed E-state index contributed by atoms with van der Waals surface area (Å²) in [5.74, 6) is -3.68. The molecule has 1 aromatic carbocycles. The van der Waals surface area contributed by atoms with Gasteiger partial charge in [0, 0.05) is 6.04 Å². The minimum atomic E-state index is -1.52. The zero-order chi connectivity index (χ0) is 15.7. The van der Waals surface area contributed by atoms with Gasteiger partial charge in [-0.1, -0.05) is 0 Å². The molecule has 21 heavy (non-hydrogen) atoms. The third-order valence-electron chi connectivity index (χ3n) is 3.17. The number of benzene rings is 1. The number of halogens is 3. The standard InChI is InChI=1S/C14H16F3N3O/c1-7(2)20-14(11(21-3)6-19-20)13(18)8-4-9(15)12(17)10(16)5-8/h4-7,13H,18H2,1-3H3. The Morgan fingerprint density at radius 1 is 1.19 bits per heavy atom. The van der Waals surface area contributed by atoms with Gasteiger partial charge in [0.25, 0.3) is 0 Å². The Balaban J connectivity index is 2.54. The van der Waals surface area contributed by atoms with Gasteiger partial charge in [-0.05, 0) is 31.5 Å². The van der Waals surface area contributed by atoms with Crippen molar-refractivity contribution < 1.29 is 17.9 Å². The summed E-state index contributed by atoms with van der Waals surface area (Å²) in [6.45, 7) is 3.77. The van der Waals surface area contributed by atoms with Crippen molar-refractivity contribution >= 4 is 0 Å². The smallest absolute Gasteiger partial charge is 0.194 e. The number of nitrogens with zero attached hydrogens (tertiary/aromatic N) is 2. The Morgan fingerprint density at radius 3 is 2.24 bits per heavy atom. The van der Waals surface area contributed by atoms with Crippen LogP contribution in [0.3, 0.4) is 0 Å². The molecule has 0 radical (unpaired) electrons. The highest BCUT2D eigenvalue weighted by Crippen LogP contribution is 2.31. The number of hydrogen-bond donors (Lipinski definition) is 1. The van der Waals surface area contributed by atoms with Gasteiger partial charge in [-0.25, -0.2) is 13.2 Å². The molecule has 1 unspecified atom stereocenters. The first kappa shape index (κ1) is 15.4. The van der Waals surface area contributed by atoms with Crippen molar-refractivity contribution in [1.29, 1.82) is 0 Å². The van der Waals surface area contributed by atoms with Crippen molar-refractivity contribution in [2.24, 2.45) is 5.73 Å². The van der Waals surface area contributed by atoms with Gasteiger partial charge < -0.3 is 10.5 Å². The highest BCUT2D eigenvalue weighted by Gasteiger charge is 2.24. The van der Waals surface area contributed by atoms with E-state index in [0.29, 0.717) is 11.4 Å². The maximum absolute atomic E-state index is 13.4. The maximum Gasteiger partial charge on any atom is 0.194 e. The molecule has 0 saturated heterocycles. The van der Waals surface area contributed by atoms with Crippen LogP contribution in [0.15, 0.2) is 18.3 Å². The number of hydrogen-bond acceptors (Lipinski definition) is 3. The maximum atomic E-state index is 13.4. The lowest BCUT2D eigenvalue weighted by atomic mass is 10.0. The number of methoxy groups -OCH3 is 1. The van der Waals surface area contributed by atoms with E-state index >= 15 is 0 Å². The van der Waals surface area contributed by atoms with Gasteiger partial charge in [0.05, 0.1) is 19.3 Å². The molecule has 0 spiro atoms. The van der Waals surface area contributed by atoms with E-state index in [9.17, 15) is 13.2 Å². The van der Waals surface area contributed by atoms with Crippen molar-refractivity contribution in [1.82, 2.24) is 9.78 Å². The fourth-order valence-corrected chi connectivity index (χ4v) is 2.13. The molecule has 114 valence electrons. The molecule has 0 aliphatic heterocycles. The summed E-state index contributed by atoms with van der Waals surface area (Å²) in [6, 6.07) is 0.833. The number of nitrogens with two attached hydrogens (primary N) is 1. The molecular formula is C14H16F3N3O. The summed E-state index contributed by atoms with van der Waals surface area (Å²) in [5.41, 5.74) is 6.64. The highest BCUT2D eigenvalue weighted by molar-refractivity contribution is 5.37. The fourth-order valence-electron chi connectivity index (χ4n) is 2.13. The van der Waals surface area contributed by atoms with Gasteiger partial charge in [-0.15, -0.1) is 0 Å². The third kappa shape index (κ3) is 2.73. The Bertz CT molecular complexity index is 632. The van der Waals surface area contributed by atoms with Crippen LogP contribution in [-0.4, -0.2) is 16.9 Å². The summed E-state index contributed by atoms with van der Waals surface area (Å²) < 4.78 is 46.5. The lowest BCUT2D eigenvalue weighted by Gasteiger charge is -2.18. The van der Waals surface area contributed by atoms with Crippen molar-refractivity contribution in [2.45, 2.75) is 25.9 Å². The Hall–Kier alpha value is -2.02. The van der Waals surface area contributed by atoms with Gasteiger partial charge in [0.15, 0.2) is 23.2 Å². The summed E-state index contributed by atoms with van der Waals surface area (Å²) in [4.78, 5) is 0. The molecule has 1 atom stereocenters. The van der Waals surface area contributed by atoms with E-state index in [4.69, 9.17) is 10.5 Å². The molecule has 1 heterocycles. The molecule has 1 aromatic heterocycles. The molecule has 0 amide bonds. The molecule has 7 heteroatoms. The van der Waals surface area contributed by atoms with Crippen molar-refractivity contribution in [3.05, 3.63) is 47.0 Å². The first-order chi connectivity index (χ1) is 9.86. The van der Waals surface area contributed by atoms with Crippen LogP contribution in [-0.2, 0) is 0 Å². The highest BCUT2D eigenvalue weighted by atomic mass is 19.2. The molecular weight excluding hydrogens is 283 g/mol. The molecule has 0 aliphatic carbocycles. The number of ether oxygens (including phenoxy) is 1. The van der Waals surface area contributed by atoms with Crippen molar-refractivity contribution in [3.63, 3.8) is 0 Å². The van der Waals surface area contributed by atoms with Gasteiger partial charge in [-0.3, -0.25) is 4.68 Å². The van der Waals surface area contributed by atoms with Gasteiger partial charge in [0.1, 0.15) is 5.69 Å². The molecule has 2 N–H and O–H groups in total. The topological polar surface area (TPSA) is 53.1 Å². The van der Waals surface area contributed by atoms with Crippen LogP contribution in [0.1, 0.15) is 37.2 Å². The Kier molecular flexibility index (Phi) is 4.22. The third-order valence-corrected chi connectivity index (χ3v) is 3.17. The first-order valence-electron chi connectivity index (χ1n) is 6.38. The zero-order valence-electron chi connectivity index (χ0n) is 11.9. The predicted octanol–water partition coefficient (Wildman–Crippen LogP) is 2.94. The van der Waals surface area contributed by atoms with E-state index in [1.807, 2.05) is 13.8 Å². The van der Waals surface area contributed by atoms with Gasteiger partial charge in [-0.2, -0.15) is 5.10 Å². The SMILES string of the molecule is COc1cnn(C(C)C)c1C(N)c1cc(F)c(F)c(F)c1. The monoisotopic (exact) mass is 299 g/mol. The number of aromatic nitrogens is 2. The Labute approximate surface area is 120 Å². The van der Waals surface area contributed by atoms with E-state index in [2.05, 4.69) is 5.10 Å². The molecule has 4 nitrogen and oxygen atoms in total. The van der Waals surface area contributed by atoms with Crippen LogP contribution in [0.2, 0.25) is 0 Å². The zero-order valence-corrected chi connectivity index (χ0v) is 11.9. The van der Waals surface area contributed by atoms with Crippen LogP contribution in [0.25, 0.3) is 0 Å². The quantitative estimate of drug-likeness (QED) is 0.883. The van der Waals surface area contributed by atoms with Crippen LogP contribution >= 0.6 is 0 Å². The van der Waals surface area contributed by atoms with E-state index in [1.165, 1.54) is 13.3 Å². The molecule has 2 rings (SSSR count). The number of rotatable bonds is 4. The van der Waals surface area contributed by atoms with Gasteiger partial charge >= 0.3 is 0 Å². The minimum absolute atomic E-state index is 0.0231. The summed E-state index contributed by atoms with van der Waals surface area (Å²) in [7, 11) is 1.45. The lowest BCUT2D eigenvalue weighted by molar-refractivity contribution is 0.400. The molecule has 2 aromatic rings. The van der Waals surface area contributed by atoms with Crippen LogP contribution in [0, 0.1) is 17.5 Å². The van der Waals surface area contributed by atoms with E-state index < -0.39 is 23.5 Å². The van der Waals surface area contributed by atoms with Gasteiger partial charge in [0.2, 0.25) is 0 Å². The minimum Gasteiger partial charge on any atom is -0.493 e. The van der Waals surface area contributed by atoms with Crippen molar-refractivity contribution in [3.8, 4) is 5.75 Å². The molecule has 0 fully saturated rings. The summed E-state index contributed by atoms with van der Waals surface area (Å²) in [5, 5.41) is 4.15. The molecule has 0 bridgehead atoms. The lowest BCUT2D eigenvalue weighted by Crippen LogP contribution is -2.20. The van der Waals surface area contributed by atoms with E-state index in [0.717, 1.165) is 12.1 Å². The normalized spacial score (nSPS) is 12.8. The second-order valence-electron chi connectivity index (χ2n) is 4.91. The molecule has 0 saturated carbocycles. The molecule has 0 aliphatic rings. The summed E-state index contributed by atoms with van der Waals surface area (Å²) in [6.07, 6.45) is 1.48. The fraction of sp³-hybridized carbons (Fsp3) is 0.357. The largest absolute Gasteiger partial charge is 0.493 e. The Morgan fingerprint density at radius 2 is 1.76 bits per heavy atom. The van der Waals surface area contributed by atoms with E-state index in [1.54, 1.807) is 4.68 Å². The van der Waals surface area contributed by atoms with Crippen LogP contribution < -0.4 is 10.5 Å². The second kappa shape index (κ2) is 5.77. The van der Waals surface area contributed by atoms with Crippen molar-refractivity contribution in [2.75, 3.05) is 7.11 Å². The summed E-state index contributed by atoms with van der Waals surface area (Å²) >= 11 is 0. The second-order valence-corrected chi connectivity index (χ2v) is 4.91. The van der Waals surface area contributed by atoms with E-state index in [-0.39, 0.29) is 11.6 Å². The average Bonchev–Trinajstić information content (AvgIpc) is 2.87. The first-order valence-corrected chi connectivity index (χ1v) is 6.38. The van der Waals surface area contributed by atoms with Crippen LogP contribution in [0.4, 0.5) is 13.2 Å². The average molecular weight is 299 g/mol. The predicted molar refractivity (Wildman–Crippen MR) is 71.5 cm³/mol. The van der Waals surface area contributed by atoms with Crippen LogP contribution in [0.5, 0.6) is 5.75 Å².